The lowest BCUT2D eigenvalue weighted by atomic mass is 10.0. The number of benzene rings is 1. The van der Waals surface area contributed by atoms with Gasteiger partial charge in [-0.2, -0.15) is 0 Å². The molecule has 0 atom stereocenters. The lowest BCUT2D eigenvalue weighted by Gasteiger charge is -2.31. The lowest BCUT2D eigenvalue weighted by Crippen LogP contribution is -2.42. The number of nitrogens with zero attached hydrogens (tertiary/aromatic N) is 1. The third-order valence-corrected chi connectivity index (χ3v) is 2.94. The summed E-state index contributed by atoms with van der Waals surface area (Å²) in [5.41, 5.74) is 1.04. The van der Waals surface area contributed by atoms with Crippen LogP contribution in [-0.2, 0) is 11.2 Å². The molecule has 0 bridgehead atoms. The summed E-state index contributed by atoms with van der Waals surface area (Å²) >= 11 is 0. The van der Waals surface area contributed by atoms with Gasteiger partial charge in [-0.1, -0.05) is 18.2 Å². The number of amides is 1. The molecular formula is C15H21NO3. The van der Waals surface area contributed by atoms with E-state index in [9.17, 15) is 9.59 Å². The highest BCUT2D eigenvalue weighted by Crippen LogP contribution is 2.16. The molecule has 4 heteroatoms. The molecule has 104 valence electrons. The largest absolute Gasteiger partial charge is 0.481 e. The van der Waals surface area contributed by atoms with E-state index >= 15 is 0 Å². The van der Waals surface area contributed by atoms with Crippen LogP contribution in [0.3, 0.4) is 0 Å². The zero-order valence-electron chi connectivity index (χ0n) is 11.9. The maximum atomic E-state index is 12.6. The fourth-order valence-corrected chi connectivity index (χ4v) is 2.25. The number of hydrogen-bond donors (Lipinski definition) is 1. The molecule has 1 aromatic rings. The molecule has 0 spiro atoms. The third-order valence-electron chi connectivity index (χ3n) is 2.94. The highest BCUT2D eigenvalue weighted by atomic mass is 16.4. The molecule has 0 saturated heterocycles. The Kier molecular flexibility index (Phi) is 5.10. The van der Waals surface area contributed by atoms with Gasteiger partial charge in [0.1, 0.15) is 0 Å². The maximum Gasteiger partial charge on any atom is 0.307 e. The van der Waals surface area contributed by atoms with Crippen molar-refractivity contribution in [2.45, 2.75) is 46.2 Å². The van der Waals surface area contributed by atoms with Crippen molar-refractivity contribution in [2.75, 3.05) is 0 Å². The van der Waals surface area contributed by atoms with Crippen LogP contribution in [0.25, 0.3) is 0 Å². The molecule has 1 rings (SSSR count). The summed E-state index contributed by atoms with van der Waals surface area (Å²) in [5.74, 6) is -1.04. The van der Waals surface area contributed by atoms with Crippen LogP contribution in [0.2, 0.25) is 0 Å². The Morgan fingerprint density at radius 2 is 1.63 bits per heavy atom. The van der Waals surface area contributed by atoms with Gasteiger partial charge < -0.3 is 10.0 Å². The molecule has 0 aliphatic heterocycles. The third kappa shape index (κ3) is 3.81. The maximum absolute atomic E-state index is 12.6. The van der Waals surface area contributed by atoms with Crippen LogP contribution in [0, 0.1) is 0 Å². The summed E-state index contributed by atoms with van der Waals surface area (Å²) in [6.45, 7) is 7.82. The molecule has 0 unspecified atom stereocenters. The van der Waals surface area contributed by atoms with E-state index in [1.165, 1.54) is 0 Å². The molecule has 0 heterocycles. The van der Waals surface area contributed by atoms with Crippen LogP contribution < -0.4 is 0 Å². The minimum atomic E-state index is -0.930. The highest BCUT2D eigenvalue weighted by molar-refractivity contribution is 5.97. The average molecular weight is 263 g/mol. The minimum absolute atomic E-state index is 0.0744. The average Bonchev–Trinajstić information content (AvgIpc) is 2.27. The van der Waals surface area contributed by atoms with Crippen LogP contribution in [-0.4, -0.2) is 34.0 Å². The molecular weight excluding hydrogens is 242 g/mol. The minimum Gasteiger partial charge on any atom is -0.481 e. The van der Waals surface area contributed by atoms with Gasteiger partial charge in [-0.25, -0.2) is 0 Å². The highest BCUT2D eigenvalue weighted by Gasteiger charge is 2.23. The number of rotatable bonds is 5. The van der Waals surface area contributed by atoms with Crippen LogP contribution in [0.5, 0.6) is 0 Å². The van der Waals surface area contributed by atoms with Crippen molar-refractivity contribution in [1.29, 1.82) is 0 Å². The molecule has 0 aliphatic carbocycles. The van der Waals surface area contributed by atoms with E-state index in [1.807, 2.05) is 27.7 Å². The first kappa shape index (κ1) is 15.2. The summed E-state index contributed by atoms with van der Waals surface area (Å²) in [5, 5.41) is 8.91. The molecule has 0 saturated carbocycles. The van der Waals surface area contributed by atoms with Gasteiger partial charge in [-0.15, -0.1) is 0 Å². The zero-order valence-corrected chi connectivity index (χ0v) is 11.9. The van der Waals surface area contributed by atoms with Gasteiger partial charge in [0.25, 0.3) is 5.91 Å². The van der Waals surface area contributed by atoms with E-state index in [2.05, 4.69) is 0 Å². The van der Waals surface area contributed by atoms with Crippen molar-refractivity contribution in [3.63, 3.8) is 0 Å². The number of carboxylic acid groups (broad SMARTS) is 1. The van der Waals surface area contributed by atoms with Gasteiger partial charge in [0.15, 0.2) is 0 Å². The predicted molar refractivity (Wildman–Crippen MR) is 74.2 cm³/mol. The molecule has 0 aliphatic rings. The number of aliphatic carboxylic acids is 1. The zero-order chi connectivity index (χ0) is 14.6. The van der Waals surface area contributed by atoms with Crippen molar-refractivity contribution < 1.29 is 14.7 Å². The topological polar surface area (TPSA) is 57.6 Å². The fourth-order valence-electron chi connectivity index (χ4n) is 2.25. The molecule has 0 fully saturated rings. The quantitative estimate of drug-likeness (QED) is 0.888. The second-order valence-electron chi connectivity index (χ2n) is 5.13. The first-order valence-electron chi connectivity index (χ1n) is 6.47. The summed E-state index contributed by atoms with van der Waals surface area (Å²) in [4.78, 5) is 25.2. The van der Waals surface area contributed by atoms with E-state index in [1.54, 1.807) is 29.2 Å². The molecule has 4 nitrogen and oxygen atoms in total. The SMILES string of the molecule is CC(C)N(C(=O)c1ccccc1CC(=O)O)C(C)C. The van der Waals surface area contributed by atoms with E-state index < -0.39 is 5.97 Å². The summed E-state index contributed by atoms with van der Waals surface area (Å²) in [6.07, 6.45) is -0.133. The van der Waals surface area contributed by atoms with E-state index in [0.29, 0.717) is 11.1 Å². The van der Waals surface area contributed by atoms with Gasteiger partial charge in [0, 0.05) is 17.6 Å². The first-order valence-corrected chi connectivity index (χ1v) is 6.47. The molecule has 19 heavy (non-hydrogen) atoms. The number of hydrogen-bond acceptors (Lipinski definition) is 2. The smallest absolute Gasteiger partial charge is 0.307 e. The Labute approximate surface area is 114 Å². The molecule has 1 aromatic carbocycles. The van der Waals surface area contributed by atoms with Crippen molar-refractivity contribution in [3.8, 4) is 0 Å². The van der Waals surface area contributed by atoms with Crippen LogP contribution in [0.1, 0.15) is 43.6 Å². The molecule has 0 aromatic heterocycles. The molecule has 0 radical (unpaired) electrons. The number of carboxylic acids is 1. The fraction of sp³-hybridized carbons (Fsp3) is 0.467. The second kappa shape index (κ2) is 6.36. The standard InChI is InChI=1S/C15H21NO3/c1-10(2)16(11(3)4)15(19)13-8-6-5-7-12(13)9-14(17)18/h5-8,10-11H,9H2,1-4H3,(H,17,18). The summed E-state index contributed by atoms with van der Waals surface area (Å²) in [6, 6.07) is 7.05. The van der Waals surface area contributed by atoms with E-state index in [4.69, 9.17) is 5.11 Å². The summed E-state index contributed by atoms with van der Waals surface area (Å²) < 4.78 is 0. The predicted octanol–water partition coefficient (Wildman–Crippen LogP) is 2.57. The van der Waals surface area contributed by atoms with Gasteiger partial charge >= 0.3 is 5.97 Å². The van der Waals surface area contributed by atoms with Crippen LogP contribution >= 0.6 is 0 Å². The first-order chi connectivity index (χ1) is 8.84. The van der Waals surface area contributed by atoms with E-state index in [0.717, 1.165) is 0 Å². The van der Waals surface area contributed by atoms with Gasteiger partial charge in [0.2, 0.25) is 0 Å². The van der Waals surface area contributed by atoms with Crippen molar-refractivity contribution in [1.82, 2.24) is 4.90 Å². The Balaban J connectivity index is 3.14. The normalized spacial score (nSPS) is 10.8. The Hall–Kier alpha value is -1.84. The van der Waals surface area contributed by atoms with Gasteiger partial charge in [-0.3, -0.25) is 9.59 Å². The van der Waals surface area contributed by atoms with Gasteiger partial charge in [0.05, 0.1) is 6.42 Å². The number of carbonyl (C=O) groups is 2. The van der Waals surface area contributed by atoms with Gasteiger partial charge in [-0.05, 0) is 39.3 Å². The van der Waals surface area contributed by atoms with Crippen LogP contribution in [0.4, 0.5) is 0 Å². The van der Waals surface area contributed by atoms with Crippen molar-refractivity contribution in [2.24, 2.45) is 0 Å². The Bertz CT molecular complexity index is 458. The van der Waals surface area contributed by atoms with Crippen molar-refractivity contribution in [3.05, 3.63) is 35.4 Å². The number of carbonyl (C=O) groups excluding carboxylic acids is 1. The summed E-state index contributed by atoms with van der Waals surface area (Å²) in [7, 11) is 0. The monoisotopic (exact) mass is 263 g/mol. The van der Waals surface area contributed by atoms with E-state index in [-0.39, 0.29) is 24.4 Å². The van der Waals surface area contributed by atoms with Crippen molar-refractivity contribution >= 4 is 11.9 Å². The second-order valence-corrected chi connectivity index (χ2v) is 5.13. The lowest BCUT2D eigenvalue weighted by molar-refractivity contribution is -0.136. The molecule has 1 amide bonds. The van der Waals surface area contributed by atoms with Crippen LogP contribution in [0.15, 0.2) is 24.3 Å². The Morgan fingerprint density at radius 1 is 1.11 bits per heavy atom. The Morgan fingerprint density at radius 3 is 2.11 bits per heavy atom. The molecule has 1 N–H and O–H groups in total.